The van der Waals surface area contributed by atoms with Gasteiger partial charge in [0.2, 0.25) is 0 Å². The zero-order chi connectivity index (χ0) is 28.8. The van der Waals surface area contributed by atoms with Crippen LogP contribution in [0.15, 0.2) is 152 Å². The van der Waals surface area contributed by atoms with Gasteiger partial charge in [0.1, 0.15) is 11.5 Å². The van der Waals surface area contributed by atoms with Crippen molar-refractivity contribution in [3.63, 3.8) is 0 Å². The van der Waals surface area contributed by atoms with Crippen LogP contribution in [0.5, 0.6) is 11.5 Å². The second-order valence-electron chi connectivity index (χ2n) is 11.7. The predicted octanol–water partition coefficient (Wildman–Crippen LogP) is 11.7. The van der Waals surface area contributed by atoms with Gasteiger partial charge in [-0.3, -0.25) is 0 Å². The number of fused-ring (bicyclic) bond motifs is 8. The van der Waals surface area contributed by atoms with Crippen LogP contribution in [0.25, 0.3) is 82.1 Å². The van der Waals surface area contributed by atoms with Crippen LogP contribution >= 0.6 is 0 Å². The third-order valence-corrected chi connectivity index (χ3v) is 9.36. The molecule has 0 bridgehead atoms. The van der Waals surface area contributed by atoms with Crippen molar-refractivity contribution in [3.8, 4) is 39.4 Å². The zero-order valence-corrected chi connectivity index (χ0v) is 23.8. The van der Waals surface area contributed by atoms with Gasteiger partial charge in [0, 0.05) is 27.4 Å². The lowest BCUT2D eigenvalue weighted by Gasteiger charge is -2.22. The first-order valence-corrected chi connectivity index (χ1v) is 15.1. The van der Waals surface area contributed by atoms with E-state index < -0.39 is 0 Å². The van der Waals surface area contributed by atoms with Gasteiger partial charge in [0.25, 0.3) is 0 Å². The summed E-state index contributed by atoms with van der Waals surface area (Å²) in [6.07, 6.45) is 0. The first kappa shape index (κ1) is 23.7. The standard InChI is InChI=1S/C42H25NO/c1-2-11-28-25-29(21-19-26(28)9-1)43-36-17-8-16-34(42(36)41-30-12-4-3-10-27(30)20-23-37(41)43)31-22-24-39-40-33(31)14-7-15-35(40)32-13-5-6-18-38(32)44-39/h1-25H. The molecular formula is C42H25NO. The molecule has 204 valence electrons. The maximum Gasteiger partial charge on any atom is 0.135 e. The van der Waals surface area contributed by atoms with Gasteiger partial charge in [0.05, 0.1) is 11.0 Å². The molecule has 1 aliphatic heterocycles. The number of ether oxygens (including phenoxy) is 1. The van der Waals surface area contributed by atoms with Gasteiger partial charge in [-0.2, -0.15) is 0 Å². The van der Waals surface area contributed by atoms with Crippen molar-refractivity contribution in [2.24, 2.45) is 0 Å². The first-order valence-electron chi connectivity index (χ1n) is 15.1. The van der Waals surface area contributed by atoms with Gasteiger partial charge in [-0.05, 0) is 80.0 Å². The molecule has 0 atom stereocenters. The summed E-state index contributed by atoms with van der Waals surface area (Å²) in [5.74, 6) is 1.82. The van der Waals surface area contributed by atoms with Gasteiger partial charge >= 0.3 is 0 Å². The summed E-state index contributed by atoms with van der Waals surface area (Å²) < 4.78 is 8.89. The number of benzene rings is 8. The van der Waals surface area contributed by atoms with Gasteiger partial charge in [-0.15, -0.1) is 0 Å². The normalized spacial score (nSPS) is 12.3. The summed E-state index contributed by atoms with van der Waals surface area (Å²) in [6, 6.07) is 54.8. The number of hydrogen-bond donors (Lipinski definition) is 0. The highest BCUT2D eigenvalue weighted by atomic mass is 16.5. The molecule has 0 fully saturated rings. The molecule has 0 saturated heterocycles. The Morgan fingerprint density at radius 3 is 1.98 bits per heavy atom. The minimum absolute atomic E-state index is 0.910. The molecule has 1 aromatic heterocycles. The van der Waals surface area contributed by atoms with E-state index in [4.69, 9.17) is 4.74 Å². The van der Waals surface area contributed by atoms with Gasteiger partial charge in [0.15, 0.2) is 0 Å². The molecule has 0 N–H and O–H groups in total. The summed E-state index contributed by atoms with van der Waals surface area (Å²) in [5.41, 5.74) is 8.37. The number of hydrogen-bond acceptors (Lipinski definition) is 1. The highest BCUT2D eigenvalue weighted by Crippen LogP contribution is 2.50. The van der Waals surface area contributed by atoms with E-state index in [1.54, 1.807) is 0 Å². The number of para-hydroxylation sites is 1. The second-order valence-corrected chi connectivity index (χ2v) is 11.7. The smallest absolute Gasteiger partial charge is 0.135 e. The van der Waals surface area contributed by atoms with Crippen LogP contribution in [-0.2, 0) is 0 Å². The van der Waals surface area contributed by atoms with Crippen LogP contribution < -0.4 is 4.74 Å². The maximum absolute atomic E-state index is 6.45. The van der Waals surface area contributed by atoms with Crippen LogP contribution in [0, 0.1) is 0 Å². The monoisotopic (exact) mass is 559 g/mol. The van der Waals surface area contributed by atoms with Crippen LogP contribution in [0.1, 0.15) is 0 Å². The Bertz CT molecular complexity index is 2640. The van der Waals surface area contributed by atoms with Crippen LogP contribution in [0.2, 0.25) is 0 Å². The average molecular weight is 560 g/mol. The molecule has 0 aliphatic carbocycles. The van der Waals surface area contributed by atoms with E-state index in [2.05, 4.69) is 150 Å². The number of rotatable bonds is 2. The van der Waals surface area contributed by atoms with Crippen molar-refractivity contribution in [2.75, 3.05) is 0 Å². The van der Waals surface area contributed by atoms with Crippen molar-refractivity contribution in [2.45, 2.75) is 0 Å². The van der Waals surface area contributed by atoms with Gasteiger partial charge < -0.3 is 9.30 Å². The second kappa shape index (κ2) is 8.82. The molecule has 8 aromatic carbocycles. The third kappa shape index (κ3) is 3.20. The van der Waals surface area contributed by atoms with Crippen LogP contribution in [-0.4, -0.2) is 4.57 Å². The number of aromatic nitrogens is 1. The molecule has 2 nitrogen and oxygen atoms in total. The van der Waals surface area contributed by atoms with Crippen LogP contribution in [0.4, 0.5) is 0 Å². The lowest BCUT2D eigenvalue weighted by atomic mass is 9.89. The van der Waals surface area contributed by atoms with Gasteiger partial charge in [-0.1, -0.05) is 115 Å². The SMILES string of the molecule is c1ccc2c(c1)Oc1ccc(-c3cccc4c3c3c5ccccc5ccc3n4-c3ccc4ccccc4c3)c3cccc-2c13. The maximum atomic E-state index is 6.45. The molecule has 0 radical (unpaired) electrons. The molecule has 0 saturated carbocycles. The van der Waals surface area contributed by atoms with E-state index in [1.807, 2.05) is 6.07 Å². The minimum Gasteiger partial charge on any atom is -0.456 e. The zero-order valence-electron chi connectivity index (χ0n) is 23.8. The molecule has 1 aliphatic rings. The summed E-state index contributed by atoms with van der Waals surface area (Å²) in [5, 5.41) is 9.92. The van der Waals surface area contributed by atoms with E-state index >= 15 is 0 Å². The Morgan fingerprint density at radius 1 is 0.364 bits per heavy atom. The van der Waals surface area contributed by atoms with E-state index in [0.717, 1.165) is 22.7 Å². The molecule has 2 heterocycles. The minimum atomic E-state index is 0.910. The fraction of sp³-hybridized carbons (Fsp3) is 0. The summed E-state index contributed by atoms with van der Waals surface area (Å²) in [4.78, 5) is 0. The Kier molecular flexibility index (Phi) is 4.75. The van der Waals surface area contributed by atoms with E-state index in [9.17, 15) is 0 Å². The van der Waals surface area contributed by atoms with Gasteiger partial charge in [-0.25, -0.2) is 0 Å². The summed E-state index contributed by atoms with van der Waals surface area (Å²) in [6.45, 7) is 0. The molecule has 9 aromatic rings. The Morgan fingerprint density at radius 2 is 1.05 bits per heavy atom. The van der Waals surface area contributed by atoms with Crippen LogP contribution in [0.3, 0.4) is 0 Å². The molecular weight excluding hydrogens is 534 g/mol. The highest BCUT2D eigenvalue weighted by molar-refractivity contribution is 6.26. The average Bonchev–Trinajstić information content (AvgIpc) is 3.44. The van der Waals surface area contributed by atoms with Crippen molar-refractivity contribution >= 4 is 54.1 Å². The lowest BCUT2D eigenvalue weighted by molar-refractivity contribution is 0.487. The first-order chi connectivity index (χ1) is 21.8. The van der Waals surface area contributed by atoms with E-state index in [0.29, 0.717) is 0 Å². The molecule has 0 spiro atoms. The molecule has 44 heavy (non-hydrogen) atoms. The Balaban J connectivity index is 1.34. The summed E-state index contributed by atoms with van der Waals surface area (Å²) >= 11 is 0. The van der Waals surface area contributed by atoms with Crippen molar-refractivity contribution < 1.29 is 4.74 Å². The lowest BCUT2D eigenvalue weighted by Crippen LogP contribution is -1.97. The molecule has 0 amide bonds. The number of nitrogens with zero attached hydrogens (tertiary/aromatic N) is 1. The fourth-order valence-corrected chi connectivity index (χ4v) is 7.46. The van der Waals surface area contributed by atoms with Crippen molar-refractivity contribution in [1.29, 1.82) is 0 Å². The van der Waals surface area contributed by atoms with E-state index in [1.165, 1.54) is 70.8 Å². The van der Waals surface area contributed by atoms with Crippen molar-refractivity contribution in [3.05, 3.63) is 152 Å². The largest absolute Gasteiger partial charge is 0.456 e. The topological polar surface area (TPSA) is 14.2 Å². The quantitative estimate of drug-likeness (QED) is 0.205. The predicted molar refractivity (Wildman–Crippen MR) is 184 cm³/mol. The molecule has 10 rings (SSSR count). The molecule has 2 heteroatoms. The molecule has 0 unspecified atom stereocenters. The Hall–Kier alpha value is -5.86. The van der Waals surface area contributed by atoms with Crippen molar-refractivity contribution in [1.82, 2.24) is 4.57 Å². The summed E-state index contributed by atoms with van der Waals surface area (Å²) in [7, 11) is 0. The highest BCUT2D eigenvalue weighted by Gasteiger charge is 2.23. The third-order valence-electron chi connectivity index (χ3n) is 9.36. The Labute approximate surface area is 254 Å². The fourth-order valence-electron chi connectivity index (χ4n) is 7.46. The van der Waals surface area contributed by atoms with E-state index in [-0.39, 0.29) is 0 Å².